The number of thioether (sulfide) groups is 1. The highest BCUT2D eigenvalue weighted by Crippen LogP contribution is 2.26. The van der Waals surface area contributed by atoms with Crippen LogP contribution in [0.25, 0.3) is 5.69 Å². The van der Waals surface area contributed by atoms with Gasteiger partial charge in [0, 0.05) is 17.1 Å². The van der Waals surface area contributed by atoms with Crippen molar-refractivity contribution in [2.75, 3.05) is 7.11 Å². The number of halogens is 1. The molecule has 0 bridgehead atoms. The topological polar surface area (TPSA) is 69.0 Å². The predicted molar refractivity (Wildman–Crippen MR) is 111 cm³/mol. The molecule has 0 aliphatic rings. The molecule has 0 fully saturated rings. The van der Waals surface area contributed by atoms with Crippen molar-refractivity contribution in [3.63, 3.8) is 0 Å². The Labute approximate surface area is 173 Å². The first-order valence-corrected chi connectivity index (χ1v) is 9.98. The number of amides is 1. The first kappa shape index (κ1) is 20.2. The molecule has 146 valence electrons. The number of nitrogens with zero attached hydrogens (tertiary/aromatic N) is 3. The standard InChI is InChI=1S/C20H21ClN4O2S/c1-13-8-9-16(10-17(13)21)25-12-23-24-20(25)28-14(2)19(26)22-11-15-6-4-5-7-18(15)27-3/h4-10,12,14H,11H2,1-3H3,(H,22,26). The third-order valence-electron chi connectivity index (χ3n) is 4.25. The fourth-order valence-electron chi connectivity index (χ4n) is 2.60. The minimum absolute atomic E-state index is 0.0904. The SMILES string of the molecule is COc1ccccc1CNC(=O)C(C)Sc1nncn1-c1ccc(C)c(Cl)c1. The van der Waals surface area contributed by atoms with Gasteiger partial charge in [-0.15, -0.1) is 10.2 Å². The van der Waals surface area contributed by atoms with E-state index in [4.69, 9.17) is 16.3 Å². The Bertz CT molecular complexity index is 976. The Kier molecular flexibility index (Phi) is 6.59. The molecule has 0 spiro atoms. The quantitative estimate of drug-likeness (QED) is 0.589. The van der Waals surface area contributed by atoms with Gasteiger partial charge >= 0.3 is 0 Å². The van der Waals surface area contributed by atoms with Crippen LogP contribution >= 0.6 is 23.4 Å². The number of para-hydroxylation sites is 1. The fraction of sp³-hybridized carbons (Fsp3) is 0.250. The zero-order valence-electron chi connectivity index (χ0n) is 15.8. The number of carbonyl (C=O) groups excluding carboxylic acids is 1. The van der Waals surface area contributed by atoms with E-state index >= 15 is 0 Å². The second kappa shape index (κ2) is 9.12. The van der Waals surface area contributed by atoms with Gasteiger partial charge in [0.2, 0.25) is 5.91 Å². The van der Waals surface area contributed by atoms with Crippen molar-refractivity contribution in [1.29, 1.82) is 0 Å². The number of benzene rings is 2. The summed E-state index contributed by atoms with van der Waals surface area (Å²) in [5.74, 6) is 0.659. The Morgan fingerprint density at radius 3 is 2.86 bits per heavy atom. The maximum Gasteiger partial charge on any atom is 0.233 e. The van der Waals surface area contributed by atoms with Crippen LogP contribution in [-0.2, 0) is 11.3 Å². The zero-order chi connectivity index (χ0) is 20.1. The lowest BCUT2D eigenvalue weighted by Gasteiger charge is -2.14. The molecule has 1 atom stereocenters. The molecule has 0 aliphatic carbocycles. The Morgan fingerprint density at radius 2 is 2.11 bits per heavy atom. The van der Waals surface area contributed by atoms with Crippen molar-refractivity contribution in [3.05, 3.63) is 64.9 Å². The normalized spacial score (nSPS) is 11.9. The van der Waals surface area contributed by atoms with Gasteiger partial charge < -0.3 is 10.1 Å². The number of hydrogen-bond acceptors (Lipinski definition) is 5. The van der Waals surface area contributed by atoms with E-state index in [1.807, 2.05) is 60.9 Å². The number of aryl methyl sites for hydroxylation is 1. The number of methoxy groups -OCH3 is 1. The summed E-state index contributed by atoms with van der Waals surface area (Å²) in [7, 11) is 1.61. The number of nitrogens with one attached hydrogen (secondary N) is 1. The van der Waals surface area contributed by atoms with E-state index in [1.54, 1.807) is 13.4 Å². The van der Waals surface area contributed by atoms with Crippen LogP contribution in [0, 0.1) is 6.92 Å². The Morgan fingerprint density at radius 1 is 1.32 bits per heavy atom. The van der Waals surface area contributed by atoms with Gasteiger partial charge in [-0.3, -0.25) is 9.36 Å². The van der Waals surface area contributed by atoms with Gasteiger partial charge in [0.25, 0.3) is 0 Å². The fourth-order valence-corrected chi connectivity index (χ4v) is 3.64. The van der Waals surface area contributed by atoms with Crippen LogP contribution in [0.3, 0.4) is 0 Å². The molecule has 1 aromatic heterocycles. The molecule has 1 amide bonds. The highest BCUT2D eigenvalue weighted by atomic mass is 35.5. The second-order valence-corrected chi connectivity index (χ2v) is 7.92. The maximum atomic E-state index is 12.5. The molecule has 3 aromatic rings. The highest BCUT2D eigenvalue weighted by molar-refractivity contribution is 8.00. The Hall–Kier alpha value is -2.51. The van der Waals surface area contributed by atoms with Crippen LogP contribution in [0.5, 0.6) is 5.75 Å². The second-order valence-electron chi connectivity index (χ2n) is 6.21. The molecule has 1 heterocycles. The van der Waals surface area contributed by atoms with E-state index in [0.29, 0.717) is 16.7 Å². The van der Waals surface area contributed by atoms with Crippen molar-refractivity contribution in [1.82, 2.24) is 20.1 Å². The van der Waals surface area contributed by atoms with Crippen molar-refractivity contribution >= 4 is 29.3 Å². The summed E-state index contributed by atoms with van der Waals surface area (Å²) in [6, 6.07) is 13.3. The minimum atomic E-state index is -0.349. The lowest BCUT2D eigenvalue weighted by molar-refractivity contribution is -0.120. The summed E-state index contributed by atoms with van der Waals surface area (Å²) in [5, 5.41) is 12.0. The smallest absolute Gasteiger partial charge is 0.233 e. The summed E-state index contributed by atoms with van der Waals surface area (Å²) < 4.78 is 7.14. The van der Waals surface area contributed by atoms with E-state index in [1.165, 1.54) is 11.8 Å². The molecular weight excluding hydrogens is 396 g/mol. The number of carbonyl (C=O) groups is 1. The average Bonchev–Trinajstić information content (AvgIpc) is 3.16. The zero-order valence-corrected chi connectivity index (χ0v) is 17.4. The molecular formula is C20H21ClN4O2S. The largest absolute Gasteiger partial charge is 0.496 e. The van der Waals surface area contributed by atoms with Crippen molar-refractivity contribution in [2.24, 2.45) is 0 Å². The van der Waals surface area contributed by atoms with Gasteiger partial charge in [-0.05, 0) is 37.6 Å². The van der Waals surface area contributed by atoms with Crippen LogP contribution < -0.4 is 10.1 Å². The summed E-state index contributed by atoms with van der Waals surface area (Å²) >= 11 is 7.57. The van der Waals surface area contributed by atoms with E-state index in [-0.39, 0.29) is 11.2 Å². The molecule has 28 heavy (non-hydrogen) atoms. The maximum absolute atomic E-state index is 12.5. The molecule has 0 saturated heterocycles. The molecule has 3 rings (SSSR count). The molecule has 0 radical (unpaired) electrons. The van der Waals surface area contributed by atoms with E-state index in [2.05, 4.69) is 15.5 Å². The van der Waals surface area contributed by atoms with Gasteiger partial charge in [-0.2, -0.15) is 0 Å². The summed E-state index contributed by atoms with van der Waals surface area (Å²) in [6.45, 7) is 4.18. The van der Waals surface area contributed by atoms with Crippen LogP contribution in [-0.4, -0.2) is 33.0 Å². The number of aromatic nitrogens is 3. The minimum Gasteiger partial charge on any atom is -0.496 e. The molecule has 2 aromatic carbocycles. The lowest BCUT2D eigenvalue weighted by atomic mass is 10.2. The highest BCUT2D eigenvalue weighted by Gasteiger charge is 2.19. The van der Waals surface area contributed by atoms with Crippen LogP contribution in [0.2, 0.25) is 5.02 Å². The summed E-state index contributed by atoms with van der Waals surface area (Å²) in [6.07, 6.45) is 1.61. The number of ether oxygens (including phenoxy) is 1. The van der Waals surface area contributed by atoms with Crippen molar-refractivity contribution in [2.45, 2.75) is 30.8 Å². The lowest BCUT2D eigenvalue weighted by Crippen LogP contribution is -2.30. The van der Waals surface area contributed by atoms with Gasteiger partial charge in [0.15, 0.2) is 5.16 Å². The number of rotatable bonds is 7. The van der Waals surface area contributed by atoms with Gasteiger partial charge in [0.05, 0.1) is 18.0 Å². The first-order chi connectivity index (χ1) is 13.5. The van der Waals surface area contributed by atoms with Crippen LogP contribution in [0.15, 0.2) is 53.9 Å². The third kappa shape index (κ3) is 4.66. The summed E-state index contributed by atoms with van der Waals surface area (Å²) in [4.78, 5) is 12.5. The van der Waals surface area contributed by atoms with Gasteiger partial charge in [0.1, 0.15) is 12.1 Å². The molecule has 1 N–H and O–H groups in total. The molecule has 0 aliphatic heterocycles. The van der Waals surface area contributed by atoms with Crippen LogP contribution in [0.4, 0.5) is 0 Å². The molecule has 1 unspecified atom stereocenters. The number of hydrogen-bond donors (Lipinski definition) is 1. The first-order valence-electron chi connectivity index (χ1n) is 8.72. The van der Waals surface area contributed by atoms with Crippen LogP contribution in [0.1, 0.15) is 18.1 Å². The van der Waals surface area contributed by atoms with E-state index in [9.17, 15) is 4.79 Å². The third-order valence-corrected chi connectivity index (χ3v) is 5.71. The molecule has 0 saturated carbocycles. The summed E-state index contributed by atoms with van der Waals surface area (Å²) in [5.41, 5.74) is 2.77. The van der Waals surface area contributed by atoms with E-state index in [0.717, 1.165) is 22.6 Å². The molecule has 8 heteroatoms. The average molecular weight is 417 g/mol. The van der Waals surface area contributed by atoms with Gasteiger partial charge in [-0.1, -0.05) is 47.6 Å². The van der Waals surface area contributed by atoms with Crippen molar-refractivity contribution < 1.29 is 9.53 Å². The van der Waals surface area contributed by atoms with E-state index < -0.39 is 0 Å². The monoisotopic (exact) mass is 416 g/mol. The predicted octanol–water partition coefficient (Wildman–Crippen LogP) is 4.03. The Balaban J connectivity index is 1.66. The van der Waals surface area contributed by atoms with Gasteiger partial charge in [-0.25, -0.2) is 0 Å². The molecule has 6 nitrogen and oxygen atoms in total. The van der Waals surface area contributed by atoms with Crippen molar-refractivity contribution in [3.8, 4) is 11.4 Å².